The van der Waals surface area contributed by atoms with Crippen molar-refractivity contribution in [3.8, 4) is 0 Å². The number of benzene rings is 2. The van der Waals surface area contributed by atoms with E-state index in [0.29, 0.717) is 90.4 Å². The van der Waals surface area contributed by atoms with Crippen molar-refractivity contribution in [1.82, 2.24) is 0 Å². The van der Waals surface area contributed by atoms with Crippen LogP contribution in [0, 0.1) is 23.2 Å². The van der Waals surface area contributed by atoms with Gasteiger partial charge in [-0.3, -0.25) is 9.59 Å². The largest absolute Gasteiger partial charge is 0.385 e. The van der Waals surface area contributed by atoms with Gasteiger partial charge in [0.1, 0.15) is 37.2 Å². The van der Waals surface area contributed by atoms with Crippen molar-refractivity contribution in [2.24, 2.45) is 23.2 Å². The standard InChI is InChI=1S/C58H80O13/c1-7-50-53(66-39-63-6)52(68-54(67-50)45-19-12-9-13-20-45)49-32-44(37-65-38-62-5)23-27-56(49,34-40(2)41(3)35-64-36-42-16-10-8-11-17-42)51(60)22-14-18-43-30-46(59)33-47-21-15-25-57(69-47)28-29-58(71-57)55(4,61)26-24-48(31-43)70-58/h7-13,16-17,19-20,30,32,40-41,47-50,52-54,61H,1,14-15,18,21-29,31,33-39H2,2-6H3/b43-30-/t40-,41-,47+,48-,49+,50+,52-,53+,54+,55+,56+,57+,58+/m0/s1. The maximum absolute atomic E-state index is 15.9. The molecule has 2 aromatic carbocycles. The zero-order valence-corrected chi connectivity index (χ0v) is 42.9. The first-order chi connectivity index (χ1) is 34.3. The Labute approximate surface area is 421 Å². The zero-order valence-electron chi connectivity index (χ0n) is 42.9. The fourth-order valence-corrected chi connectivity index (χ4v) is 12.3. The third-order valence-electron chi connectivity index (χ3n) is 16.4. The summed E-state index contributed by atoms with van der Waals surface area (Å²) in [5.41, 5.74) is 1.85. The van der Waals surface area contributed by atoms with Crippen LogP contribution >= 0.6 is 0 Å². The SMILES string of the molecule is C=C[C@H]1O[C@@H](c2ccccc2)O[C@@H]([C@H]2C=C(COCOC)CC[C@]2(C[C@H](C)[C@@H](C)COCc2ccccc2)C(=O)CCC/C2=C/C(=O)C[C@H]3CCC[C@@]4(CC[C@@]5(O[C@@H](CC[C@@]5(C)O)C2)O4)O3)[C@@H]1OCOC. The number of rotatable bonds is 22. The van der Waals surface area contributed by atoms with E-state index in [1.54, 1.807) is 26.4 Å². The highest BCUT2D eigenvalue weighted by molar-refractivity contribution is 5.90. The van der Waals surface area contributed by atoms with Gasteiger partial charge in [0.15, 0.2) is 17.9 Å². The minimum Gasteiger partial charge on any atom is -0.385 e. The lowest BCUT2D eigenvalue weighted by Crippen LogP contribution is -2.60. The van der Waals surface area contributed by atoms with Crippen LogP contribution in [0.25, 0.3) is 0 Å². The molecule has 0 radical (unpaired) electrons. The quantitative estimate of drug-likeness (QED) is 0.0679. The van der Waals surface area contributed by atoms with E-state index in [9.17, 15) is 9.90 Å². The van der Waals surface area contributed by atoms with Crippen molar-refractivity contribution in [1.29, 1.82) is 0 Å². The number of ketones is 2. The zero-order chi connectivity index (χ0) is 50.1. The van der Waals surface area contributed by atoms with E-state index in [1.165, 1.54) is 0 Å². The van der Waals surface area contributed by atoms with Gasteiger partial charge in [-0.15, -0.1) is 6.58 Å². The van der Waals surface area contributed by atoms with E-state index >= 15 is 4.79 Å². The van der Waals surface area contributed by atoms with E-state index < -0.39 is 53.1 Å². The first kappa shape index (κ1) is 53.8. The van der Waals surface area contributed by atoms with Crippen molar-refractivity contribution >= 4 is 11.6 Å². The second-order valence-corrected chi connectivity index (χ2v) is 21.5. The van der Waals surface area contributed by atoms with Crippen molar-refractivity contribution < 1.29 is 62.1 Å². The number of hydrogen-bond acceptors (Lipinski definition) is 13. The van der Waals surface area contributed by atoms with Gasteiger partial charge in [-0.05, 0) is 100 Å². The number of ether oxygens (including phenoxy) is 10. The molecule has 2 aromatic rings. The number of carbonyl (C=O) groups is 2. The molecule has 0 saturated carbocycles. The molecule has 0 amide bonds. The van der Waals surface area contributed by atoms with E-state index in [1.807, 2.05) is 55.5 Å². The number of Topliss-reactive ketones (excluding diaryl/α,β-unsaturated/α-hetero) is 1. The van der Waals surface area contributed by atoms with Crippen LogP contribution in [0.1, 0.15) is 135 Å². The van der Waals surface area contributed by atoms with Crippen LogP contribution in [0.5, 0.6) is 0 Å². The summed E-state index contributed by atoms with van der Waals surface area (Å²) in [6, 6.07) is 20.0. The predicted molar refractivity (Wildman–Crippen MR) is 266 cm³/mol. The Balaban J connectivity index is 1.11. The van der Waals surface area contributed by atoms with E-state index in [0.717, 1.165) is 35.1 Å². The molecule has 1 N–H and O–H groups in total. The average molecular weight is 985 g/mol. The molecule has 71 heavy (non-hydrogen) atoms. The van der Waals surface area contributed by atoms with Crippen molar-refractivity contribution in [2.45, 2.75) is 178 Å². The number of allylic oxidation sites excluding steroid dienone is 1. The second kappa shape index (κ2) is 24.3. The summed E-state index contributed by atoms with van der Waals surface area (Å²) < 4.78 is 63.5. The van der Waals surface area contributed by atoms with Gasteiger partial charge in [-0.25, -0.2) is 0 Å². The highest BCUT2D eigenvalue weighted by Gasteiger charge is 2.63. The Kier molecular flexibility index (Phi) is 18.4. The van der Waals surface area contributed by atoms with Crippen LogP contribution < -0.4 is 0 Å². The lowest BCUT2D eigenvalue weighted by molar-refractivity contribution is -0.400. The summed E-state index contributed by atoms with van der Waals surface area (Å²) in [6.45, 7) is 11.9. The average Bonchev–Trinajstić information content (AvgIpc) is 3.72. The number of hydrogen-bond donors (Lipinski definition) is 1. The van der Waals surface area contributed by atoms with Gasteiger partial charge in [0, 0.05) is 69.8 Å². The molecule has 2 spiro atoms. The Morgan fingerprint density at radius 1 is 0.859 bits per heavy atom. The van der Waals surface area contributed by atoms with Crippen LogP contribution in [-0.4, -0.2) is 105 Å². The van der Waals surface area contributed by atoms with Gasteiger partial charge >= 0.3 is 0 Å². The maximum atomic E-state index is 15.9. The van der Waals surface area contributed by atoms with Gasteiger partial charge in [-0.1, -0.05) is 92.2 Å². The number of carbonyl (C=O) groups excluding carboxylic acids is 2. The molecule has 4 bridgehead atoms. The maximum Gasteiger partial charge on any atom is 0.200 e. The molecule has 5 aliphatic heterocycles. The van der Waals surface area contributed by atoms with E-state index in [-0.39, 0.29) is 62.0 Å². The molecular weight excluding hydrogens is 905 g/mol. The fourth-order valence-electron chi connectivity index (χ4n) is 12.3. The lowest BCUT2D eigenvalue weighted by Gasteiger charge is -2.51. The summed E-state index contributed by atoms with van der Waals surface area (Å²) in [7, 11) is 3.19. The highest BCUT2D eigenvalue weighted by atomic mass is 16.8. The third kappa shape index (κ3) is 12.7. The molecule has 8 rings (SSSR count). The van der Waals surface area contributed by atoms with Crippen LogP contribution in [0.2, 0.25) is 0 Å². The van der Waals surface area contributed by atoms with Gasteiger partial charge in [0.2, 0.25) is 5.79 Å². The Morgan fingerprint density at radius 2 is 1.62 bits per heavy atom. The molecular formula is C58H80O13. The van der Waals surface area contributed by atoms with Gasteiger partial charge in [0.25, 0.3) is 0 Å². The first-order valence-electron chi connectivity index (χ1n) is 26.3. The van der Waals surface area contributed by atoms with Crippen molar-refractivity contribution in [3.05, 3.63) is 108 Å². The van der Waals surface area contributed by atoms with Crippen LogP contribution in [-0.2, 0) is 63.6 Å². The van der Waals surface area contributed by atoms with Crippen LogP contribution in [0.4, 0.5) is 0 Å². The topological polar surface area (TPSA) is 147 Å². The normalized spacial score (nSPS) is 35.8. The van der Waals surface area contributed by atoms with Gasteiger partial charge < -0.3 is 52.5 Å². The molecule has 390 valence electrons. The number of methoxy groups -OCH3 is 2. The van der Waals surface area contributed by atoms with Gasteiger partial charge in [-0.2, -0.15) is 0 Å². The molecule has 4 fully saturated rings. The minimum atomic E-state index is -1.19. The minimum absolute atomic E-state index is 0.0130. The summed E-state index contributed by atoms with van der Waals surface area (Å²) in [5, 5.41) is 11.8. The Bertz CT molecular complexity index is 2130. The molecule has 0 unspecified atom stereocenters. The molecule has 4 saturated heterocycles. The molecule has 1 aliphatic carbocycles. The summed E-state index contributed by atoms with van der Waals surface area (Å²) in [4.78, 5) is 29.8. The smallest absolute Gasteiger partial charge is 0.200 e. The van der Waals surface area contributed by atoms with Crippen molar-refractivity contribution in [3.63, 3.8) is 0 Å². The lowest BCUT2D eigenvalue weighted by atomic mass is 9.57. The summed E-state index contributed by atoms with van der Waals surface area (Å²) in [5.74, 6) is -2.18. The predicted octanol–water partition coefficient (Wildman–Crippen LogP) is 10.2. The Hall–Kier alpha value is -3.44. The molecule has 13 heteroatoms. The fraction of sp³-hybridized carbons (Fsp3) is 0.655. The molecule has 13 nitrogen and oxygen atoms in total. The number of fused-ring (bicyclic) bond motifs is 2. The summed E-state index contributed by atoms with van der Waals surface area (Å²) in [6.07, 6.45) is 11.0. The van der Waals surface area contributed by atoms with E-state index in [2.05, 4.69) is 38.6 Å². The Morgan fingerprint density at radius 3 is 2.38 bits per heavy atom. The third-order valence-corrected chi connectivity index (χ3v) is 16.4. The van der Waals surface area contributed by atoms with Crippen LogP contribution in [0.15, 0.2) is 96.6 Å². The first-order valence-corrected chi connectivity index (χ1v) is 26.3. The second-order valence-electron chi connectivity index (χ2n) is 21.5. The molecule has 5 heterocycles. The van der Waals surface area contributed by atoms with Gasteiger partial charge in [0.05, 0.1) is 31.5 Å². The van der Waals surface area contributed by atoms with E-state index in [4.69, 9.17) is 47.4 Å². The van der Waals surface area contributed by atoms with Crippen molar-refractivity contribution in [2.75, 3.05) is 41.0 Å². The summed E-state index contributed by atoms with van der Waals surface area (Å²) >= 11 is 0. The molecule has 0 aromatic heterocycles. The molecule has 6 aliphatic rings. The highest BCUT2D eigenvalue weighted by Crippen LogP contribution is 2.55. The number of aliphatic hydroxyl groups is 1. The van der Waals surface area contributed by atoms with Crippen LogP contribution in [0.3, 0.4) is 0 Å². The molecule has 13 atom stereocenters. The monoisotopic (exact) mass is 985 g/mol.